The van der Waals surface area contributed by atoms with E-state index in [-0.39, 0.29) is 18.4 Å². The van der Waals surface area contributed by atoms with Gasteiger partial charge in [-0.05, 0) is 73.4 Å². The van der Waals surface area contributed by atoms with Crippen LogP contribution < -0.4 is 15.5 Å². The van der Waals surface area contributed by atoms with E-state index in [0.717, 1.165) is 0 Å². The Balaban J connectivity index is 1.92. The highest BCUT2D eigenvalue weighted by molar-refractivity contribution is 6.30. The van der Waals surface area contributed by atoms with Gasteiger partial charge in [0.2, 0.25) is 0 Å². The fourth-order valence-corrected chi connectivity index (χ4v) is 2.92. The average molecular weight is 474 g/mol. The zero-order valence-corrected chi connectivity index (χ0v) is 19.6. The third-order valence-corrected chi connectivity index (χ3v) is 4.62. The van der Waals surface area contributed by atoms with E-state index in [9.17, 15) is 14.4 Å². The van der Waals surface area contributed by atoms with E-state index in [0.29, 0.717) is 34.9 Å². The molecule has 8 nitrogen and oxygen atoms in total. The molecule has 0 aliphatic carbocycles. The molecule has 1 atom stereocenters. The normalized spacial score (nSPS) is 11.8. The fourth-order valence-electron chi connectivity index (χ4n) is 2.79. The quantitative estimate of drug-likeness (QED) is 0.295. The number of nitrogens with one attached hydrogen (secondary N) is 2. The Kier molecular flexibility index (Phi) is 10.4. The third kappa shape index (κ3) is 9.33. The summed E-state index contributed by atoms with van der Waals surface area (Å²) in [6.07, 6.45) is 1.92. The average Bonchev–Trinajstić information content (AvgIpc) is 2.78. The molecule has 2 aromatic carbocycles. The first-order chi connectivity index (χ1) is 15.8. The summed E-state index contributed by atoms with van der Waals surface area (Å²) in [6.45, 7) is 5.78. The van der Waals surface area contributed by atoms with Crippen molar-refractivity contribution in [3.63, 3.8) is 0 Å². The lowest BCUT2D eigenvalue weighted by Gasteiger charge is -2.19. The van der Waals surface area contributed by atoms with Gasteiger partial charge in [0.15, 0.2) is 6.61 Å². The van der Waals surface area contributed by atoms with Crippen LogP contribution in [0.3, 0.4) is 0 Å². The molecule has 0 bridgehead atoms. The summed E-state index contributed by atoms with van der Waals surface area (Å²) in [5.74, 6) is -0.542. The first kappa shape index (κ1) is 25.9. The van der Waals surface area contributed by atoms with Crippen LogP contribution in [-0.2, 0) is 14.3 Å². The molecule has 0 spiro atoms. The smallest absolute Gasteiger partial charge is 0.344 e. The van der Waals surface area contributed by atoms with Crippen molar-refractivity contribution in [2.24, 2.45) is 11.0 Å². The van der Waals surface area contributed by atoms with Crippen molar-refractivity contribution in [1.82, 2.24) is 10.7 Å². The topological polar surface area (TPSA) is 106 Å². The van der Waals surface area contributed by atoms with Crippen LogP contribution in [0.1, 0.15) is 43.1 Å². The zero-order valence-electron chi connectivity index (χ0n) is 18.8. The van der Waals surface area contributed by atoms with E-state index in [1.165, 1.54) is 6.21 Å². The molecule has 9 heteroatoms. The van der Waals surface area contributed by atoms with Crippen molar-refractivity contribution in [2.75, 3.05) is 13.2 Å². The molecule has 2 aromatic rings. The van der Waals surface area contributed by atoms with E-state index in [4.69, 9.17) is 21.1 Å². The largest absolute Gasteiger partial charge is 0.482 e. The fraction of sp³-hybridized carbons (Fsp3) is 0.333. The lowest BCUT2D eigenvalue weighted by molar-refractivity contribution is -0.145. The number of hydrogen-bond acceptors (Lipinski definition) is 6. The minimum absolute atomic E-state index is 0.170. The molecule has 2 N–H and O–H groups in total. The molecular weight excluding hydrogens is 446 g/mol. The molecule has 0 saturated heterocycles. The predicted octanol–water partition coefficient (Wildman–Crippen LogP) is 3.58. The highest BCUT2D eigenvalue weighted by atomic mass is 35.5. The van der Waals surface area contributed by atoms with Crippen molar-refractivity contribution in [1.29, 1.82) is 0 Å². The Bertz CT molecular complexity index is 959. The summed E-state index contributed by atoms with van der Waals surface area (Å²) in [5, 5.41) is 7.26. The van der Waals surface area contributed by atoms with Crippen molar-refractivity contribution < 1.29 is 23.9 Å². The zero-order chi connectivity index (χ0) is 24.2. The minimum Gasteiger partial charge on any atom is -0.482 e. The molecule has 33 heavy (non-hydrogen) atoms. The van der Waals surface area contributed by atoms with Crippen LogP contribution in [0.25, 0.3) is 0 Å². The molecule has 0 aromatic heterocycles. The standard InChI is InChI=1S/C24H28ClN3O5/c1-4-32-22(29)15-33-20-11-5-17(6-12-20)14-26-28-24(31)21(13-16(2)3)27-23(30)18-7-9-19(25)10-8-18/h5-12,14,16,21H,4,13,15H2,1-3H3,(H,27,30)(H,28,31)/b26-14+. The number of nitrogens with zero attached hydrogens (tertiary/aromatic N) is 1. The molecule has 0 saturated carbocycles. The molecule has 2 rings (SSSR count). The number of carbonyl (C=O) groups excluding carboxylic acids is 3. The van der Waals surface area contributed by atoms with Gasteiger partial charge in [-0.15, -0.1) is 0 Å². The molecule has 0 heterocycles. The molecular formula is C24H28ClN3O5. The molecule has 0 radical (unpaired) electrons. The van der Waals surface area contributed by atoms with E-state index in [1.54, 1.807) is 55.5 Å². The molecule has 0 aliphatic heterocycles. The highest BCUT2D eigenvalue weighted by Gasteiger charge is 2.22. The number of amides is 2. The van der Waals surface area contributed by atoms with Crippen LogP contribution in [0.2, 0.25) is 5.02 Å². The van der Waals surface area contributed by atoms with E-state index < -0.39 is 17.9 Å². The summed E-state index contributed by atoms with van der Waals surface area (Å²) in [5.41, 5.74) is 3.60. The second kappa shape index (κ2) is 13.2. The van der Waals surface area contributed by atoms with Crippen LogP contribution in [0.5, 0.6) is 5.75 Å². The van der Waals surface area contributed by atoms with Gasteiger partial charge in [0.1, 0.15) is 11.8 Å². The van der Waals surface area contributed by atoms with Crippen molar-refractivity contribution >= 4 is 35.6 Å². The summed E-state index contributed by atoms with van der Waals surface area (Å²) in [4.78, 5) is 36.5. The second-order valence-electron chi connectivity index (χ2n) is 7.56. The first-order valence-corrected chi connectivity index (χ1v) is 10.9. The van der Waals surface area contributed by atoms with E-state index in [2.05, 4.69) is 15.8 Å². The number of esters is 1. The van der Waals surface area contributed by atoms with E-state index in [1.807, 2.05) is 13.8 Å². The van der Waals surface area contributed by atoms with Crippen LogP contribution in [0.15, 0.2) is 53.6 Å². The maximum atomic E-state index is 12.6. The summed E-state index contributed by atoms with van der Waals surface area (Å²) in [6, 6.07) is 12.5. The van der Waals surface area contributed by atoms with Gasteiger partial charge in [0.05, 0.1) is 12.8 Å². The Morgan fingerprint density at radius 1 is 1.06 bits per heavy atom. The Morgan fingerprint density at radius 3 is 2.33 bits per heavy atom. The van der Waals surface area contributed by atoms with Gasteiger partial charge < -0.3 is 14.8 Å². The van der Waals surface area contributed by atoms with Gasteiger partial charge in [0, 0.05) is 10.6 Å². The second-order valence-corrected chi connectivity index (χ2v) is 8.00. The monoisotopic (exact) mass is 473 g/mol. The van der Waals surface area contributed by atoms with Crippen molar-refractivity contribution in [3.8, 4) is 5.75 Å². The third-order valence-electron chi connectivity index (χ3n) is 4.37. The molecule has 0 fully saturated rings. The lowest BCUT2D eigenvalue weighted by atomic mass is 10.0. The number of benzene rings is 2. The summed E-state index contributed by atoms with van der Waals surface area (Å²) >= 11 is 5.86. The van der Waals surface area contributed by atoms with Crippen molar-refractivity contribution in [2.45, 2.75) is 33.2 Å². The minimum atomic E-state index is -0.746. The van der Waals surface area contributed by atoms with Gasteiger partial charge >= 0.3 is 5.97 Å². The van der Waals surface area contributed by atoms with Crippen LogP contribution in [0, 0.1) is 5.92 Å². The predicted molar refractivity (Wildman–Crippen MR) is 126 cm³/mol. The first-order valence-electron chi connectivity index (χ1n) is 10.6. The number of rotatable bonds is 11. The van der Waals surface area contributed by atoms with E-state index >= 15 is 0 Å². The van der Waals surface area contributed by atoms with Crippen LogP contribution in [0.4, 0.5) is 0 Å². The number of hydrogen-bond donors (Lipinski definition) is 2. The Hall–Kier alpha value is -3.39. The van der Waals surface area contributed by atoms with Crippen molar-refractivity contribution in [3.05, 3.63) is 64.7 Å². The van der Waals surface area contributed by atoms with Gasteiger partial charge in [-0.25, -0.2) is 10.2 Å². The van der Waals surface area contributed by atoms with Gasteiger partial charge in [-0.3, -0.25) is 9.59 Å². The molecule has 176 valence electrons. The maximum Gasteiger partial charge on any atom is 0.344 e. The Labute approximate surface area is 198 Å². The number of carbonyl (C=O) groups is 3. The molecule has 1 unspecified atom stereocenters. The maximum absolute atomic E-state index is 12.6. The summed E-state index contributed by atoms with van der Waals surface area (Å²) in [7, 11) is 0. The number of hydrazone groups is 1. The van der Waals surface area contributed by atoms with Gasteiger partial charge in [-0.2, -0.15) is 5.10 Å². The highest BCUT2D eigenvalue weighted by Crippen LogP contribution is 2.12. The van der Waals surface area contributed by atoms with Gasteiger partial charge in [-0.1, -0.05) is 25.4 Å². The number of ether oxygens (including phenoxy) is 2. The Morgan fingerprint density at radius 2 is 1.73 bits per heavy atom. The molecule has 2 amide bonds. The molecule has 0 aliphatic rings. The summed E-state index contributed by atoms with van der Waals surface area (Å²) < 4.78 is 10.1. The van der Waals surface area contributed by atoms with Gasteiger partial charge in [0.25, 0.3) is 11.8 Å². The lowest BCUT2D eigenvalue weighted by Crippen LogP contribution is -2.46. The SMILES string of the molecule is CCOC(=O)COc1ccc(/C=N/NC(=O)C(CC(C)C)NC(=O)c2ccc(Cl)cc2)cc1. The van der Waals surface area contributed by atoms with Crippen LogP contribution in [-0.4, -0.2) is 43.3 Å². The number of halogens is 1. The van der Waals surface area contributed by atoms with Crippen LogP contribution >= 0.6 is 11.6 Å².